The number of hydrogen-bond acceptors (Lipinski definition) is 8. The Morgan fingerprint density at radius 2 is 0.483 bits per heavy atom. The van der Waals surface area contributed by atoms with Crippen molar-refractivity contribution >= 4 is 67.0 Å². The van der Waals surface area contributed by atoms with Crippen molar-refractivity contribution in [2.75, 3.05) is 0 Å². The Kier molecular flexibility index (Phi) is 11.3. The molecule has 8 aromatic carbocycles. The van der Waals surface area contributed by atoms with Gasteiger partial charge in [0.15, 0.2) is 0 Å². The van der Waals surface area contributed by atoms with Crippen molar-refractivity contribution in [1.29, 1.82) is 0 Å². The highest BCUT2D eigenvalue weighted by Crippen LogP contribution is 2.49. The predicted octanol–water partition coefficient (Wildman–Crippen LogP) is 10.2. The van der Waals surface area contributed by atoms with Crippen molar-refractivity contribution in [3.05, 3.63) is 144 Å². The molecule has 0 aromatic heterocycles. The summed E-state index contributed by atoms with van der Waals surface area (Å²) in [4.78, 5) is 46.6. The van der Waals surface area contributed by atoms with E-state index in [4.69, 9.17) is 0 Å². The number of carboxylic acids is 4. The zero-order chi connectivity index (χ0) is 40.0. The summed E-state index contributed by atoms with van der Waals surface area (Å²) in [5.74, 6) is -7.46. The topological polar surface area (TPSA) is 230 Å². The van der Waals surface area contributed by atoms with Crippen LogP contribution in [0.25, 0.3) is 65.3 Å². The molecular weight excluding hydrogens is 744 g/mol. The molecule has 0 fully saturated rings. The summed E-state index contributed by atoms with van der Waals surface area (Å²) in [6.07, 6.45) is 0. The number of carbonyl (C=O) groups is 4. The molecule has 0 saturated carbocycles. The Labute approximate surface area is 330 Å². The Morgan fingerprint density at radius 3 is 0.655 bits per heavy atom. The van der Waals surface area contributed by atoms with Gasteiger partial charge in [-0.3, -0.25) is 0 Å². The van der Waals surface area contributed by atoms with Gasteiger partial charge in [0.25, 0.3) is 0 Å². The van der Waals surface area contributed by atoms with Gasteiger partial charge >= 0.3 is 23.9 Å². The van der Waals surface area contributed by atoms with Crippen molar-refractivity contribution in [1.82, 2.24) is 0 Å². The largest absolute Gasteiger partial charge is 0.506 e. The summed E-state index contributed by atoms with van der Waals surface area (Å²) >= 11 is 0. The average Bonchev–Trinajstić information content (AvgIpc) is 3.18. The first-order chi connectivity index (χ1) is 26.8. The fourth-order valence-corrected chi connectivity index (χ4v) is 7.01. The lowest BCUT2D eigenvalue weighted by Gasteiger charge is -2.17. The lowest BCUT2D eigenvalue weighted by atomic mass is 9.89. The molecule has 0 aliphatic rings. The van der Waals surface area contributed by atoms with Crippen LogP contribution < -0.4 is 0 Å². The van der Waals surface area contributed by atoms with E-state index in [0.29, 0.717) is 43.1 Å². The van der Waals surface area contributed by atoms with Crippen molar-refractivity contribution in [2.45, 2.75) is 14.9 Å². The summed E-state index contributed by atoms with van der Waals surface area (Å²) in [5.41, 5.74) is -1.04. The third-order valence-electron chi connectivity index (χ3n) is 9.51. The molecule has 0 bridgehead atoms. The Balaban J connectivity index is 0.000000214. The van der Waals surface area contributed by atoms with Gasteiger partial charge in [0, 0.05) is 22.3 Å². The molecule has 0 atom stereocenters. The van der Waals surface area contributed by atoms with E-state index >= 15 is 0 Å². The van der Waals surface area contributed by atoms with Crippen LogP contribution in [0.2, 0.25) is 0 Å². The highest BCUT2D eigenvalue weighted by molar-refractivity contribution is 6.17. The number of rotatable bonds is 6. The van der Waals surface area contributed by atoms with Crippen LogP contribution in [-0.2, 0) is 0 Å². The molecule has 0 aliphatic heterocycles. The van der Waals surface area contributed by atoms with Crippen LogP contribution in [0, 0.1) is 0 Å². The fraction of sp³-hybridized carbons (Fsp3) is 0.0435. The molecule has 0 unspecified atom stereocenters. The van der Waals surface area contributed by atoms with Crippen molar-refractivity contribution in [2.24, 2.45) is 0 Å². The van der Waals surface area contributed by atoms with Gasteiger partial charge in [-0.05, 0) is 67.4 Å². The second-order valence-corrected chi connectivity index (χ2v) is 12.7. The SMILES string of the molecule is C.C.O=C(O)c1cc2ccccc2c(-c2c(O)c(C(=O)O)cc3ccccc23)c1O.O=C(O)c1cc2ccccc2c(-c2c(O)c(C(=O)O)cc3ccccc23)c1O. The minimum absolute atomic E-state index is 0. The molecular formula is C46H36O12. The number of hydrogen-bond donors (Lipinski definition) is 8. The lowest BCUT2D eigenvalue weighted by molar-refractivity contribution is 0.0682. The monoisotopic (exact) mass is 780 g/mol. The minimum Gasteiger partial charge on any atom is -0.506 e. The summed E-state index contributed by atoms with van der Waals surface area (Å²) in [5, 5.41) is 85.3. The molecule has 58 heavy (non-hydrogen) atoms. The van der Waals surface area contributed by atoms with Gasteiger partial charge in [-0.15, -0.1) is 0 Å². The molecule has 0 saturated heterocycles. The molecule has 8 N–H and O–H groups in total. The second kappa shape index (κ2) is 15.9. The average molecular weight is 781 g/mol. The zero-order valence-electron chi connectivity index (χ0n) is 28.8. The van der Waals surface area contributed by atoms with Gasteiger partial charge < -0.3 is 40.9 Å². The first-order valence-corrected chi connectivity index (χ1v) is 16.7. The fourth-order valence-electron chi connectivity index (χ4n) is 7.01. The predicted molar refractivity (Wildman–Crippen MR) is 222 cm³/mol. The molecule has 12 heteroatoms. The summed E-state index contributed by atoms with van der Waals surface area (Å²) < 4.78 is 0. The van der Waals surface area contributed by atoms with E-state index in [1.54, 1.807) is 97.1 Å². The summed E-state index contributed by atoms with van der Waals surface area (Å²) in [7, 11) is 0. The lowest BCUT2D eigenvalue weighted by Crippen LogP contribution is -2.01. The number of phenols is 4. The van der Waals surface area contributed by atoms with Gasteiger partial charge in [-0.2, -0.15) is 0 Å². The molecule has 12 nitrogen and oxygen atoms in total. The van der Waals surface area contributed by atoms with Crippen LogP contribution >= 0.6 is 0 Å². The van der Waals surface area contributed by atoms with Gasteiger partial charge in [-0.25, -0.2) is 19.2 Å². The molecule has 8 aromatic rings. The van der Waals surface area contributed by atoms with Gasteiger partial charge in [0.2, 0.25) is 0 Å². The van der Waals surface area contributed by atoms with E-state index in [-0.39, 0.29) is 59.4 Å². The van der Waals surface area contributed by atoms with Crippen LogP contribution in [-0.4, -0.2) is 64.7 Å². The Hall–Kier alpha value is -8.12. The molecule has 0 amide bonds. The highest BCUT2D eigenvalue weighted by atomic mass is 16.4. The van der Waals surface area contributed by atoms with Gasteiger partial charge in [-0.1, -0.05) is 112 Å². The van der Waals surface area contributed by atoms with Crippen LogP contribution in [0.5, 0.6) is 23.0 Å². The van der Waals surface area contributed by atoms with Crippen molar-refractivity contribution in [3.63, 3.8) is 0 Å². The van der Waals surface area contributed by atoms with Crippen LogP contribution in [0.15, 0.2) is 121 Å². The van der Waals surface area contributed by atoms with E-state index in [9.17, 15) is 60.0 Å². The number of aromatic carboxylic acids is 4. The third-order valence-corrected chi connectivity index (χ3v) is 9.51. The van der Waals surface area contributed by atoms with Gasteiger partial charge in [0.1, 0.15) is 45.3 Å². The van der Waals surface area contributed by atoms with E-state index in [1.165, 1.54) is 24.3 Å². The smallest absolute Gasteiger partial charge is 0.339 e. The maximum absolute atomic E-state index is 11.7. The summed E-state index contributed by atoms with van der Waals surface area (Å²) in [6, 6.07) is 32.6. The first-order valence-electron chi connectivity index (χ1n) is 16.7. The van der Waals surface area contributed by atoms with E-state index in [2.05, 4.69) is 0 Å². The number of benzene rings is 8. The zero-order valence-corrected chi connectivity index (χ0v) is 28.8. The quantitative estimate of drug-likeness (QED) is 0.0788. The maximum Gasteiger partial charge on any atom is 0.339 e. The second-order valence-electron chi connectivity index (χ2n) is 12.7. The van der Waals surface area contributed by atoms with E-state index < -0.39 is 46.9 Å². The van der Waals surface area contributed by atoms with Crippen LogP contribution in [0.1, 0.15) is 56.3 Å². The number of fused-ring (bicyclic) bond motifs is 4. The standard InChI is InChI=1S/2C22H14O6.2CH4/c2*23-19-15(21(25)26)9-11-5-1-3-7-13(11)17(19)18-14-8-4-2-6-12(14)10-16(20(18)24)22(27)28;;/h2*1-10,23-24H,(H,25,26)(H,27,28);2*1H4. The Bertz CT molecular complexity index is 2580. The van der Waals surface area contributed by atoms with Crippen LogP contribution in [0.3, 0.4) is 0 Å². The first kappa shape index (κ1) is 41.1. The number of carboxylic acid groups (broad SMARTS) is 4. The van der Waals surface area contributed by atoms with Crippen LogP contribution in [0.4, 0.5) is 0 Å². The minimum atomic E-state index is -1.33. The highest BCUT2D eigenvalue weighted by Gasteiger charge is 2.27. The maximum atomic E-state index is 11.7. The van der Waals surface area contributed by atoms with Crippen molar-refractivity contribution in [3.8, 4) is 45.3 Å². The molecule has 0 spiro atoms. The molecule has 0 aliphatic carbocycles. The van der Waals surface area contributed by atoms with Gasteiger partial charge in [0.05, 0.1) is 0 Å². The van der Waals surface area contributed by atoms with E-state index in [1.807, 2.05) is 0 Å². The van der Waals surface area contributed by atoms with E-state index in [0.717, 1.165) is 0 Å². The Morgan fingerprint density at radius 1 is 0.310 bits per heavy atom. The third kappa shape index (κ3) is 6.86. The molecule has 0 heterocycles. The number of aromatic hydroxyl groups is 4. The normalized spacial score (nSPS) is 10.6. The molecule has 0 radical (unpaired) electrons. The molecule has 8 rings (SSSR count). The molecule has 292 valence electrons. The summed E-state index contributed by atoms with van der Waals surface area (Å²) in [6.45, 7) is 0. The van der Waals surface area contributed by atoms with Crippen molar-refractivity contribution < 1.29 is 60.0 Å².